The van der Waals surface area contributed by atoms with Gasteiger partial charge in [-0.3, -0.25) is 12.2 Å². The summed E-state index contributed by atoms with van der Waals surface area (Å²) in [5, 5.41) is 23.5. The Kier molecular flexibility index (Phi) is 29.2. The van der Waals surface area contributed by atoms with Crippen LogP contribution in [0.15, 0.2) is 71.8 Å². The van der Waals surface area contributed by atoms with Crippen molar-refractivity contribution in [2.24, 2.45) is 0 Å². The second-order valence-electron chi connectivity index (χ2n) is 11.4. The summed E-state index contributed by atoms with van der Waals surface area (Å²) in [4.78, 5) is 0. The van der Waals surface area contributed by atoms with E-state index in [-0.39, 0.29) is 37.7 Å². The van der Waals surface area contributed by atoms with Gasteiger partial charge in [-0.2, -0.15) is 12.2 Å². The van der Waals surface area contributed by atoms with Gasteiger partial charge >= 0.3 is 26.2 Å². The largest absolute Gasteiger partial charge is 4.00 e. The zero-order valence-corrected chi connectivity index (χ0v) is 33.5. The molecule has 0 N–H and O–H groups in total. The van der Waals surface area contributed by atoms with Gasteiger partial charge in [-0.15, -0.1) is 12.8 Å². The topological polar surface area (TPSA) is 83.0 Å². The van der Waals surface area contributed by atoms with Crippen LogP contribution in [0.2, 0.25) is 0 Å². The van der Waals surface area contributed by atoms with Crippen LogP contribution >= 0.6 is 0 Å². The Balaban J connectivity index is 0.000000640. The van der Waals surface area contributed by atoms with Gasteiger partial charge < -0.3 is 29.2 Å². The van der Waals surface area contributed by atoms with E-state index in [1.807, 2.05) is 27.7 Å². The molecule has 2 aromatic carbocycles. The average Bonchev–Trinajstić information content (AvgIpc) is 3.84. The van der Waals surface area contributed by atoms with Crippen LogP contribution in [-0.2, 0) is 26.2 Å². The molecule has 0 amide bonds. The van der Waals surface area contributed by atoms with Crippen LogP contribution in [0, 0.1) is 12.2 Å². The summed E-state index contributed by atoms with van der Waals surface area (Å²) in [6.45, 7) is 14.7. The maximum absolute atomic E-state index is 11.7. The first-order valence-electron chi connectivity index (χ1n) is 18.1. The zero-order valence-electron chi connectivity index (χ0n) is 31.0. The van der Waals surface area contributed by atoms with Gasteiger partial charge in [-0.1, -0.05) is 92.2 Å². The summed E-state index contributed by atoms with van der Waals surface area (Å²) in [6, 6.07) is 10.3. The molecular weight excluding hydrogens is 692 g/mol. The molecule has 2 aromatic rings. The number of hydrogen-bond donors (Lipinski definition) is 0. The zero-order chi connectivity index (χ0) is 35.2. The summed E-state index contributed by atoms with van der Waals surface area (Å²) < 4.78 is 21.3. The first-order valence-corrected chi connectivity index (χ1v) is 18.1. The third-order valence-electron chi connectivity index (χ3n) is 6.86. The minimum Gasteiger partial charge on any atom is -0.867 e. The van der Waals surface area contributed by atoms with Crippen LogP contribution in [0.3, 0.4) is 0 Å². The molecular formula is C42H60O6Zr. The molecule has 0 saturated carbocycles. The van der Waals surface area contributed by atoms with Gasteiger partial charge in [-0.05, 0) is 61.4 Å². The number of unbranched alkanes of at least 4 members (excludes halogenated alkanes) is 2. The first-order chi connectivity index (χ1) is 23.4. The van der Waals surface area contributed by atoms with Crippen molar-refractivity contribution in [2.45, 2.75) is 119 Å². The Bertz CT molecular complexity index is 1090. The predicted molar refractivity (Wildman–Crippen MR) is 195 cm³/mol. The quantitative estimate of drug-likeness (QED) is 0.141. The first kappa shape index (κ1) is 46.1. The Hall–Kier alpha value is -2.92. The standard InChI is InChI=1S/2C12H18O3.2C9H13.Zr/c2*1-3-8-14-10-6-5-7-11(12(10)13)15-9-4-2;2*1-2-3-6-9-7-4-5-8-9;/h2*5-7,13H,3-4,8-9H2,1-2H3;2*4,7H,2-3,5-6H2,1H3;/q;;2*-1;+4/p-2. The maximum atomic E-state index is 11.7. The van der Waals surface area contributed by atoms with Crippen molar-refractivity contribution < 1.29 is 55.4 Å². The second-order valence-corrected chi connectivity index (χ2v) is 11.4. The Morgan fingerprint density at radius 3 is 1.04 bits per heavy atom. The fourth-order valence-electron chi connectivity index (χ4n) is 4.27. The second kappa shape index (κ2) is 31.1. The number of hydrogen-bond acceptors (Lipinski definition) is 6. The van der Waals surface area contributed by atoms with Gasteiger partial charge in [0.2, 0.25) is 0 Å². The van der Waals surface area contributed by atoms with Crippen molar-refractivity contribution in [3.63, 3.8) is 0 Å². The molecule has 0 heterocycles. The molecule has 0 radical (unpaired) electrons. The molecule has 0 unspecified atom stereocenters. The molecule has 6 nitrogen and oxygen atoms in total. The number of para-hydroxylation sites is 2. The summed E-state index contributed by atoms with van der Waals surface area (Å²) in [6.07, 6.45) is 28.6. The van der Waals surface area contributed by atoms with Gasteiger partial charge in [0.05, 0.1) is 26.4 Å². The van der Waals surface area contributed by atoms with E-state index in [2.05, 4.69) is 50.3 Å². The Labute approximate surface area is 317 Å². The van der Waals surface area contributed by atoms with Gasteiger partial charge in [0, 0.05) is 0 Å². The molecule has 0 fully saturated rings. The van der Waals surface area contributed by atoms with E-state index >= 15 is 0 Å². The molecule has 4 rings (SSSR count). The van der Waals surface area contributed by atoms with Crippen molar-refractivity contribution in [3.8, 4) is 34.5 Å². The third-order valence-corrected chi connectivity index (χ3v) is 6.86. The smallest absolute Gasteiger partial charge is 0.867 e. The molecule has 2 aliphatic rings. The van der Waals surface area contributed by atoms with Crippen molar-refractivity contribution in [3.05, 3.63) is 84.0 Å². The van der Waals surface area contributed by atoms with Crippen LogP contribution in [0.1, 0.15) is 119 Å². The predicted octanol–water partition coefficient (Wildman–Crippen LogP) is 10.4. The van der Waals surface area contributed by atoms with Crippen LogP contribution in [0.5, 0.6) is 34.5 Å². The number of ether oxygens (including phenoxy) is 4. The minimum atomic E-state index is -0.153. The van der Waals surface area contributed by atoms with Gasteiger partial charge in [0.1, 0.15) is 23.0 Å². The summed E-state index contributed by atoms with van der Waals surface area (Å²) in [5.74, 6) is 1.21. The molecule has 268 valence electrons. The Morgan fingerprint density at radius 2 is 0.816 bits per heavy atom. The van der Waals surface area contributed by atoms with Crippen molar-refractivity contribution in [2.75, 3.05) is 26.4 Å². The number of allylic oxidation sites excluding steroid dienone is 8. The minimum absolute atomic E-state index is 0. The van der Waals surface area contributed by atoms with Gasteiger partial charge in [-0.25, -0.2) is 23.3 Å². The van der Waals surface area contributed by atoms with Crippen LogP contribution in [-0.4, -0.2) is 26.4 Å². The van der Waals surface area contributed by atoms with E-state index in [4.69, 9.17) is 18.9 Å². The molecule has 0 saturated heterocycles. The maximum Gasteiger partial charge on any atom is 4.00 e. The number of benzene rings is 2. The molecule has 0 bridgehead atoms. The normalized spacial score (nSPS) is 12.1. The fraction of sp³-hybridized carbons (Fsp3) is 0.524. The van der Waals surface area contributed by atoms with Gasteiger partial charge in [0.25, 0.3) is 0 Å². The van der Waals surface area contributed by atoms with E-state index in [0.29, 0.717) is 49.4 Å². The van der Waals surface area contributed by atoms with E-state index in [1.54, 1.807) is 36.4 Å². The molecule has 0 aliphatic heterocycles. The van der Waals surface area contributed by atoms with Crippen molar-refractivity contribution in [1.29, 1.82) is 0 Å². The van der Waals surface area contributed by atoms with E-state index in [9.17, 15) is 10.2 Å². The molecule has 0 spiro atoms. The molecule has 2 aliphatic carbocycles. The summed E-state index contributed by atoms with van der Waals surface area (Å²) in [5.41, 5.74) is 2.83. The number of rotatable bonds is 18. The Morgan fingerprint density at radius 1 is 0.510 bits per heavy atom. The van der Waals surface area contributed by atoms with Crippen LogP contribution in [0.4, 0.5) is 0 Å². The van der Waals surface area contributed by atoms with E-state index in [0.717, 1.165) is 38.5 Å². The fourth-order valence-corrected chi connectivity index (χ4v) is 4.27. The molecule has 49 heavy (non-hydrogen) atoms. The molecule has 0 aromatic heterocycles. The van der Waals surface area contributed by atoms with E-state index in [1.165, 1.54) is 49.7 Å². The van der Waals surface area contributed by atoms with Gasteiger partial charge in [0.15, 0.2) is 0 Å². The van der Waals surface area contributed by atoms with Crippen LogP contribution < -0.4 is 29.2 Å². The van der Waals surface area contributed by atoms with Crippen molar-refractivity contribution in [1.82, 2.24) is 0 Å². The van der Waals surface area contributed by atoms with Crippen molar-refractivity contribution >= 4 is 0 Å². The van der Waals surface area contributed by atoms with Crippen LogP contribution in [0.25, 0.3) is 0 Å². The van der Waals surface area contributed by atoms with E-state index < -0.39 is 0 Å². The monoisotopic (exact) mass is 750 g/mol. The third kappa shape index (κ3) is 21.0. The average molecular weight is 752 g/mol. The summed E-state index contributed by atoms with van der Waals surface area (Å²) >= 11 is 0. The summed E-state index contributed by atoms with van der Waals surface area (Å²) in [7, 11) is 0. The SMILES string of the molecule is CCCCC1=[C-]CC=C1.CCCCC1=[C-]CC=C1.CCCOc1cccc(OCCC)c1[O-].CCCOc1cccc(OCCC)c1[O-].[Zr+4]. The molecule has 0 atom stereocenters. The molecule has 7 heteroatoms.